The number of urea groups is 1. The van der Waals surface area contributed by atoms with Crippen LogP contribution in [0.15, 0.2) is 48.7 Å². The van der Waals surface area contributed by atoms with E-state index in [1.807, 2.05) is 0 Å². The number of anilines is 2. The molecule has 96 valence electrons. The lowest BCUT2D eigenvalue weighted by Gasteiger charge is -2.07. The Morgan fingerprint density at radius 1 is 1.05 bits per heavy atom. The summed E-state index contributed by atoms with van der Waals surface area (Å²) in [7, 11) is 0. The van der Waals surface area contributed by atoms with Crippen LogP contribution in [-0.4, -0.2) is 22.1 Å². The van der Waals surface area contributed by atoms with E-state index in [0.717, 1.165) is 0 Å². The highest BCUT2D eigenvalue weighted by Gasteiger charge is 2.06. The maximum atomic E-state index is 11.7. The zero-order valence-corrected chi connectivity index (χ0v) is 9.83. The van der Waals surface area contributed by atoms with Crippen LogP contribution in [-0.2, 0) is 0 Å². The fraction of sp³-hybridized carbons (Fsp3) is 0. The minimum Gasteiger partial charge on any atom is -0.478 e. The molecule has 0 saturated heterocycles. The molecule has 0 saturated carbocycles. The SMILES string of the molecule is O=C(Nc1cccc(C(=O)O)c1)Nc1ccccn1. The number of carbonyl (C=O) groups is 2. The summed E-state index contributed by atoms with van der Waals surface area (Å²) < 4.78 is 0. The largest absolute Gasteiger partial charge is 0.478 e. The number of benzene rings is 1. The van der Waals surface area contributed by atoms with E-state index in [1.54, 1.807) is 36.5 Å². The molecule has 1 aromatic carbocycles. The lowest BCUT2D eigenvalue weighted by atomic mass is 10.2. The van der Waals surface area contributed by atoms with Crippen LogP contribution in [0.3, 0.4) is 0 Å². The standard InChI is InChI=1S/C13H11N3O3/c17-12(18)9-4-3-5-10(8-9)15-13(19)16-11-6-1-2-7-14-11/h1-8H,(H,17,18)(H2,14,15,16,19). The molecule has 0 fully saturated rings. The van der Waals surface area contributed by atoms with Crippen molar-refractivity contribution in [2.75, 3.05) is 10.6 Å². The van der Waals surface area contributed by atoms with Crippen LogP contribution < -0.4 is 10.6 Å². The summed E-state index contributed by atoms with van der Waals surface area (Å²) in [4.78, 5) is 26.4. The number of carboxylic acids is 1. The average Bonchev–Trinajstić information content (AvgIpc) is 2.40. The quantitative estimate of drug-likeness (QED) is 0.787. The third-order valence-corrected chi connectivity index (χ3v) is 2.27. The molecule has 6 heteroatoms. The molecule has 0 spiro atoms. The number of pyridine rings is 1. The van der Waals surface area contributed by atoms with Crippen molar-refractivity contribution in [1.29, 1.82) is 0 Å². The molecule has 2 aromatic rings. The fourth-order valence-corrected chi connectivity index (χ4v) is 1.45. The van der Waals surface area contributed by atoms with E-state index < -0.39 is 12.0 Å². The molecule has 1 heterocycles. The molecule has 0 atom stereocenters. The first kappa shape index (κ1) is 12.6. The van der Waals surface area contributed by atoms with Gasteiger partial charge in [0.2, 0.25) is 0 Å². The van der Waals surface area contributed by atoms with Gasteiger partial charge in [-0.05, 0) is 30.3 Å². The lowest BCUT2D eigenvalue weighted by Crippen LogP contribution is -2.20. The summed E-state index contributed by atoms with van der Waals surface area (Å²) in [6, 6.07) is 10.6. The molecule has 1 aromatic heterocycles. The Hall–Kier alpha value is -2.89. The van der Waals surface area contributed by atoms with Gasteiger partial charge in [-0.25, -0.2) is 14.6 Å². The van der Waals surface area contributed by atoms with Crippen molar-refractivity contribution in [2.24, 2.45) is 0 Å². The maximum absolute atomic E-state index is 11.7. The molecule has 0 aliphatic carbocycles. The summed E-state index contributed by atoms with van der Waals surface area (Å²) in [5.41, 5.74) is 0.504. The monoisotopic (exact) mass is 257 g/mol. The van der Waals surface area contributed by atoms with Gasteiger partial charge in [0, 0.05) is 11.9 Å². The van der Waals surface area contributed by atoms with Gasteiger partial charge in [0.05, 0.1) is 5.56 Å². The van der Waals surface area contributed by atoms with Gasteiger partial charge in [0.15, 0.2) is 0 Å². The molecular weight excluding hydrogens is 246 g/mol. The predicted molar refractivity (Wildman–Crippen MR) is 70.3 cm³/mol. The highest BCUT2D eigenvalue weighted by atomic mass is 16.4. The van der Waals surface area contributed by atoms with Crippen molar-refractivity contribution in [2.45, 2.75) is 0 Å². The van der Waals surface area contributed by atoms with Gasteiger partial charge in [0.1, 0.15) is 5.82 Å². The summed E-state index contributed by atoms with van der Waals surface area (Å²) in [6.45, 7) is 0. The molecule has 3 N–H and O–H groups in total. The number of nitrogens with one attached hydrogen (secondary N) is 2. The molecule has 0 aliphatic heterocycles. The molecule has 6 nitrogen and oxygen atoms in total. The summed E-state index contributed by atoms with van der Waals surface area (Å²) in [5.74, 6) is -0.636. The van der Waals surface area contributed by atoms with Gasteiger partial charge >= 0.3 is 12.0 Å². The van der Waals surface area contributed by atoms with Gasteiger partial charge in [0.25, 0.3) is 0 Å². The van der Waals surface area contributed by atoms with E-state index in [1.165, 1.54) is 12.1 Å². The molecule has 0 aliphatic rings. The Labute approximate surface area is 109 Å². The zero-order valence-electron chi connectivity index (χ0n) is 9.83. The van der Waals surface area contributed by atoms with Crippen molar-refractivity contribution < 1.29 is 14.7 Å². The number of rotatable bonds is 3. The number of amides is 2. The van der Waals surface area contributed by atoms with Crippen LogP contribution in [0.5, 0.6) is 0 Å². The van der Waals surface area contributed by atoms with Crippen LogP contribution in [0.25, 0.3) is 0 Å². The molecule has 0 bridgehead atoms. The molecule has 2 rings (SSSR count). The highest BCUT2D eigenvalue weighted by Crippen LogP contribution is 2.11. The first-order chi connectivity index (χ1) is 9.15. The topological polar surface area (TPSA) is 91.3 Å². The van der Waals surface area contributed by atoms with E-state index in [2.05, 4.69) is 15.6 Å². The second kappa shape index (κ2) is 5.63. The molecule has 0 unspecified atom stereocenters. The number of nitrogens with zero attached hydrogens (tertiary/aromatic N) is 1. The third-order valence-electron chi connectivity index (χ3n) is 2.27. The van der Waals surface area contributed by atoms with Crippen molar-refractivity contribution in [3.63, 3.8) is 0 Å². The van der Waals surface area contributed by atoms with Crippen LogP contribution in [0, 0.1) is 0 Å². The predicted octanol–water partition coefficient (Wildman–Crippen LogP) is 2.42. The van der Waals surface area contributed by atoms with Crippen LogP contribution in [0.1, 0.15) is 10.4 Å². The van der Waals surface area contributed by atoms with Crippen molar-refractivity contribution in [3.05, 3.63) is 54.2 Å². The van der Waals surface area contributed by atoms with Gasteiger partial charge in [-0.3, -0.25) is 5.32 Å². The van der Waals surface area contributed by atoms with Gasteiger partial charge in [-0.2, -0.15) is 0 Å². The van der Waals surface area contributed by atoms with Crippen LogP contribution >= 0.6 is 0 Å². The first-order valence-electron chi connectivity index (χ1n) is 5.47. The number of aromatic nitrogens is 1. The van der Waals surface area contributed by atoms with Crippen molar-refractivity contribution >= 4 is 23.5 Å². The summed E-state index contributed by atoms with van der Waals surface area (Å²) >= 11 is 0. The van der Waals surface area contributed by atoms with Gasteiger partial charge < -0.3 is 10.4 Å². The first-order valence-corrected chi connectivity index (χ1v) is 5.47. The Balaban J connectivity index is 2.03. The van der Waals surface area contributed by atoms with Crippen molar-refractivity contribution in [1.82, 2.24) is 4.98 Å². The zero-order chi connectivity index (χ0) is 13.7. The number of carboxylic acid groups (broad SMARTS) is 1. The fourth-order valence-electron chi connectivity index (χ4n) is 1.45. The number of carbonyl (C=O) groups excluding carboxylic acids is 1. The van der Waals surface area contributed by atoms with E-state index in [-0.39, 0.29) is 5.56 Å². The summed E-state index contributed by atoms with van der Waals surface area (Å²) in [6.07, 6.45) is 1.56. The number of hydrogen-bond donors (Lipinski definition) is 3. The molecule has 19 heavy (non-hydrogen) atoms. The van der Waals surface area contributed by atoms with Crippen LogP contribution in [0.2, 0.25) is 0 Å². The summed E-state index contributed by atoms with van der Waals surface area (Å²) in [5, 5.41) is 13.9. The van der Waals surface area contributed by atoms with E-state index in [4.69, 9.17) is 5.11 Å². The van der Waals surface area contributed by atoms with Crippen LogP contribution in [0.4, 0.5) is 16.3 Å². The normalized spacial score (nSPS) is 9.68. The smallest absolute Gasteiger partial charge is 0.335 e. The number of aromatic carboxylic acids is 1. The Morgan fingerprint density at radius 3 is 2.58 bits per heavy atom. The second-order valence-corrected chi connectivity index (χ2v) is 3.68. The minimum atomic E-state index is -1.05. The molecular formula is C13H11N3O3. The molecule has 2 amide bonds. The molecule has 0 radical (unpaired) electrons. The number of hydrogen-bond acceptors (Lipinski definition) is 3. The second-order valence-electron chi connectivity index (χ2n) is 3.68. The maximum Gasteiger partial charge on any atom is 0.335 e. The Kier molecular flexibility index (Phi) is 3.72. The van der Waals surface area contributed by atoms with Gasteiger partial charge in [-0.15, -0.1) is 0 Å². The third kappa shape index (κ3) is 3.53. The van der Waals surface area contributed by atoms with E-state index in [9.17, 15) is 9.59 Å². The Morgan fingerprint density at radius 2 is 1.89 bits per heavy atom. The lowest BCUT2D eigenvalue weighted by molar-refractivity contribution is 0.0697. The van der Waals surface area contributed by atoms with Gasteiger partial charge in [-0.1, -0.05) is 12.1 Å². The minimum absolute atomic E-state index is 0.107. The van der Waals surface area contributed by atoms with Crippen molar-refractivity contribution in [3.8, 4) is 0 Å². The Bertz CT molecular complexity index is 599. The highest BCUT2D eigenvalue weighted by molar-refractivity contribution is 6.00. The van der Waals surface area contributed by atoms with E-state index >= 15 is 0 Å². The average molecular weight is 257 g/mol. The van der Waals surface area contributed by atoms with E-state index in [0.29, 0.717) is 11.5 Å².